The molecule has 112 valence electrons. The Morgan fingerprint density at radius 2 is 2.19 bits per heavy atom. The topological polar surface area (TPSA) is 112 Å². The first-order chi connectivity index (χ1) is 9.90. The lowest BCUT2D eigenvalue weighted by Crippen LogP contribution is -2.26. The van der Waals surface area contributed by atoms with E-state index >= 15 is 0 Å². The van der Waals surface area contributed by atoms with E-state index in [0.717, 1.165) is 6.07 Å². The molecule has 2 aromatic rings. The number of nitrogens with one attached hydrogen (secondary N) is 2. The van der Waals surface area contributed by atoms with Crippen LogP contribution in [0.4, 0.5) is 0 Å². The minimum atomic E-state index is -3.74. The second-order valence-corrected chi connectivity index (χ2v) is 7.06. The van der Waals surface area contributed by atoms with E-state index in [-0.39, 0.29) is 17.0 Å². The van der Waals surface area contributed by atoms with Gasteiger partial charge in [-0.15, -0.1) is 0 Å². The third-order valence-corrected chi connectivity index (χ3v) is 5.09. The Labute approximate surface area is 135 Å². The fourth-order valence-electron chi connectivity index (χ4n) is 1.66. The molecule has 1 aromatic heterocycles. The first kappa shape index (κ1) is 15.9. The van der Waals surface area contributed by atoms with Crippen molar-refractivity contribution in [3.63, 3.8) is 0 Å². The molecule has 21 heavy (non-hydrogen) atoms. The number of carboxylic acid groups (broad SMARTS) is 1. The molecule has 2 rings (SSSR count). The van der Waals surface area contributed by atoms with Gasteiger partial charge in [-0.2, -0.15) is 0 Å². The summed E-state index contributed by atoms with van der Waals surface area (Å²) in [4.78, 5) is 17.8. The van der Waals surface area contributed by atoms with Gasteiger partial charge in [0.05, 0.1) is 10.5 Å². The molecular formula is C12H12IN3O4S. The number of carboxylic acids is 1. The Hall–Kier alpha value is -1.46. The van der Waals surface area contributed by atoms with Crippen molar-refractivity contribution >= 4 is 38.6 Å². The van der Waals surface area contributed by atoms with Gasteiger partial charge in [0, 0.05) is 28.9 Å². The number of rotatable bonds is 6. The van der Waals surface area contributed by atoms with Crippen LogP contribution in [0.15, 0.2) is 35.5 Å². The number of aromatic nitrogens is 2. The van der Waals surface area contributed by atoms with Crippen LogP contribution in [-0.4, -0.2) is 36.0 Å². The van der Waals surface area contributed by atoms with Gasteiger partial charge >= 0.3 is 5.97 Å². The molecule has 0 saturated heterocycles. The number of hydrogen-bond acceptors (Lipinski definition) is 4. The zero-order chi connectivity index (χ0) is 15.5. The zero-order valence-corrected chi connectivity index (χ0v) is 13.7. The summed E-state index contributed by atoms with van der Waals surface area (Å²) in [6.07, 6.45) is 3.66. The first-order valence-electron chi connectivity index (χ1n) is 5.91. The number of hydrogen-bond donors (Lipinski definition) is 3. The summed E-state index contributed by atoms with van der Waals surface area (Å²) < 4.78 is 27.1. The van der Waals surface area contributed by atoms with Crippen LogP contribution in [0.25, 0.3) is 0 Å². The molecule has 0 bridgehead atoms. The molecule has 0 spiro atoms. The number of sulfonamides is 1. The highest BCUT2D eigenvalue weighted by Crippen LogP contribution is 2.18. The van der Waals surface area contributed by atoms with Crippen molar-refractivity contribution in [2.45, 2.75) is 11.3 Å². The minimum Gasteiger partial charge on any atom is -0.478 e. The Bertz CT molecular complexity index is 744. The fourth-order valence-corrected chi connectivity index (χ4v) is 3.28. The molecule has 0 aliphatic carbocycles. The fraction of sp³-hybridized carbons (Fsp3) is 0.167. The Morgan fingerprint density at radius 1 is 1.43 bits per heavy atom. The van der Waals surface area contributed by atoms with Crippen molar-refractivity contribution in [2.24, 2.45) is 0 Å². The van der Waals surface area contributed by atoms with Crippen molar-refractivity contribution in [2.75, 3.05) is 6.54 Å². The molecule has 0 saturated carbocycles. The minimum absolute atomic E-state index is 0.0375. The molecule has 0 unspecified atom stereocenters. The number of halogens is 1. The maximum Gasteiger partial charge on any atom is 0.336 e. The van der Waals surface area contributed by atoms with Crippen molar-refractivity contribution in [1.82, 2.24) is 14.7 Å². The highest BCUT2D eigenvalue weighted by Gasteiger charge is 2.17. The summed E-state index contributed by atoms with van der Waals surface area (Å²) in [5.41, 5.74) is -0.0375. The number of H-pyrrole nitrogens is 1. The smallest absolute Gasteiger partial charge is 0.336 e. The average molecular weight is 421 g/mol. The van der Waals surface area contributed by atoms with Crippen LogP contribution in [0.3, 0.4) is 0 Å². The van der Waals surface area contributed by atoms with E-state index in [0.29, 0.717) is 15.8 Å². The molecule has 0 aliphatic heterocycles. The number of imidazole rings is 1. The van der Waals surface area contributed by atoms with Gasteiger partial charge in [0.1, 0.15) is 5.82 Å². The third-order valence-electron chi connectivity index (χ3n) is 2.69. The molecular weight excluding hydrogens is 409 g/mol. The molecule has 0 radical (unpaired) electrons. The van der Waals surface area contributed by atoms with Crippen LogP contribution in [0.1, 0.15) is 16.2 Å². The van der Waals surface area contributed by atoms with Gasteiger partial charge < -0.3 is 10.1 Å². The maximum absolute atomic E-state index is 12.1. The molecule has 9 heteroatoms. The number of aromatic amines is 1. The van der Waals surface area contributed by atoms with Crippen LogP contribution in [0, 0.1) is 3.57 Å². The second kappa shape index (κ2) is 6.54. The van der Waals surface area contributed by atoms with E-state index in [2.05, 4.69) is 14.7 Å². The SMILES string of the molecule is O=C(O)c1cc(S(=O)(=O)NCCc2ncc[nH]2)ccc1I. The highest BCUT2D eigenvalue weighted by atomic mass is 127. The Balaban J connectivity index is 2.12. The van der Waals surface area contributed by atoms with Crippen molar-refractivity contribution in [1.29, 1.82) is 0 Å². The lowest BCUT2D eigenvalue weighted by atomic mass is 10.2. The van der Waals surface area contributed by atoms with Crippen molar-refractivity contribution in [3.05, 3.63) is 45.6 Å². The maximum atomic E-state index is 12.1. The van der Waals surface area contributed by atoms with Crippen LogP contribution in [0.5, 0.6) is 0 Å². The quantitative estimate of drug-likeness (QED) is 0.608. The summed E-state index contributed by atoms with van der Waals surface area (Å²) in [6, 6.07) is 3.99. The van der Waals surface area contributed by atoms with Crippen molar-refractivity contribution < 1.29 is 18.3 Å². The predicted octanol–water partition coefficient (Wildman–Crippen LogP) is 1.23. The summed E-state index contributed by atoms with van der Waals surface area (Å²) in [7, 11) is -3.74. The summed E-state index contributed by atoms with van der Waals surface area (Å²) in [5, 5.41) is 9.02. The molecule has 0 aliphatic rings. The average Bonchev–Trinajstić information content (AvgIpc) is 2.91. The highest BCUT2D eigenvalue weighted by molar-refractivity contribution is 14.1. The van der Waals surface area contributed by atoms with Crippen molar-refractivity contribution in [3.8, 4) is 0 Å². The van der Waals surface area contributed by atoms with E-state index in [1.807, 2.05) is 22.6 Å². The van der Waals surface area contributed by atoms with Gasteiger partial charge in [0.25, 0.3) is 0 Å². The van der Waals surface area contributed by atoms with Gasteiger partial charge in [-0.25, -0.2) is 22.9 Å². The molecule has 0 fully saturated rings. The van der Waals surface area contributed by atoms with E-state index < -0.39 is 16.0 Å². The normalized spacial score (nSPS) is 11.5. The number of aromatic carboxylic acids is 1. The van der Waals surface area contributed by atoms with Crippen LogP contribution in [-0.2, 0) is 16.4 Å². The Morgan fingerprint density at radius 3 is 2.81 bits per heavy atom. The summed E-state index contributed by atoms with van der Waals surface area (Å²) in [5.74, 6) is -0.487. The predicted molar refractivity (Wildman–Crippen MR) is 83.6 cm³/mol. The second-order valence-electron chi connectivity index (χ2n) is 4.13. The molecule has 1 heterocycles. The summed E-state index contributed by atoms with van der Waals surface area (Å²) in [6.45, 7) is 0.171. The molecule has 3 N–H and O–H groups in total. The van der Waals surface area contributed by atoms with E-state index in [1.54, 1.807) is 12.4 Å². The van der Waals surface area contributed by atoms with E-state index in [4.69, 9.17) is 5.11 Å². The van der Waals surface area contributed by atoms with E-state index in [9.17, 15) is 13.2 Å². The lowest BCUT2D eigenvalue weighted by molar-refractivity contribution is 0.0695. The zero-order valence-electron chi connectivity index (χ0n) is 10.7. The molecule has 1 aromatic carbocycles. The standard InChI is InChI=1S/C12H12IN3O4S/c13-10-2-1-8(7-9(10)12(17)18)21(19,20)16-4-3-11-14-5-6-15-11/h1-2,5-7,16H,3-4H2,(H,14,15)(H,17,18). The van der Waals surface area contributed by atoms with E-state index in [1.165, 1.54) is 12.1 Å². The molecule has 0 atom stereocenters. The largest absolute Gasteiger partial charge is 0.478 e. The van der Waals surface area contributed by atoms with Gasteiger partial charge in [0.15, 0.2) is 0 Å². The summed E-state index contributed by atoms with van der Waals surface area (Å²) >= 11 is 1.85. The monoisotopic (exact) mass is 421 g/mol. The molecule has 7 nitrogen and oxygen atoms in total. The van der Waals surface area contributed by atoms with Gasteiger partial charge in [0.2, 0.25) is 10.0 Å². The molecule has 0 amide bonds. The van der Waals surface area contributed by atoms with Gasteiger partial charge in [-0.1, -0.05) is 0 Å². The third kappa shape index (κ3) is 4.02. The Kier molecular flexibility index (Phi) is 4.96. The lowest BCUT2D eigenvalue weighted by Gasteiger charge is -2.07. The van der Waals surface area contributed by atoms with Crippen LogP contribution in [0.2, 0.25) is 0 Å². The first-order valence-corrected chi connectivity index (χ1v) is 8.47. The van der Waals surface area contributed by atoms with Gasteiger partial charge in [-0.05, 0) is 40.8 Å². The van der Waals surface area contributed by atoms with Gasteiger partial charge in [-0.3, -0.25) is 0 Å². The van der Waals surface area contributed by atoms with Crippen LogP contribution < -0.4 is 4.72 Å². The number of carbonyl (C=O) groups is 1. The van der Waals surface area contributed by atoms with Crippen LogP contribution >= 0.6 is 22.6 Å². The number of benzene rings is 1. The number of nitrogens with zero attached hydrogens (tertiary/aromatic N) is 1.